The lowest BCUT2D eigenvalue weighted by atomic mass is 10.4. The molecule has 0 radical (unpaired) electrons. The second-order valence-electron chi connectivity index (χ2n) is 3.15. The van der Waals surface area contributed by atoms with Gasteiger partial charge >= 0.3 is 5.97 Å². The fourth-order valence-corrected chi connectivity index (χ4v) is 0.954. The van der Waals surface area contributed by atoms with E-state index < -0.39 is 12.1 Å². The van der Waals surface area contributed by atoms with Crippen molar-refractivity contribution in [3.05, 3.63) is 0 Å². The number of methoxy groups -OCH3 is 1. The van der Waals surface area contributed by atoms with Crippen molar-refractivity contribution in [2.75, 3.05) is 53.3 Å². The van der Waals surface area contributed by atoms with Crippen LogP contribution in [0, 0.1) is 0 Å². The van der Waals surface area contributed by atoms with Gasteiger partial charge in [0.1, 0.15) is 0 Å². The highest BCUT2D eigenvalue weighted by Gasteiger charge is 2.14. The van der Waals surface area contributed by atoms with Crippen molar-refractivity contribution in [2.24, 2.45) is 5.73 Å². The average Bonchev–Trinajstić information content (AvgIpc) is 2.31. The van der Waals surface area contributed by atoms with E-state index >= 15 is 0 Å². The Hall–Kier alpha value is -0.730. The van der Waals surface area contributed by atoms with Gasteiger partial charge < -0.3 is 29.8 Å². The molecule has 102 valence electrons. The zero-order chi connectivity index (χ0) is 12.9. The van der Waals surface area contributed by atoms with Crippen LogP contribution in [0.5, 0.6) is 0 Å². The molecule has 7 nitrogen and oxygen atoms in total. The monoisotopic (exact) mass is 251 g/mol. The van der Waals surface area contributed by atoms with E-state index in [9.17, 15) is 4.79 Å². The van der Waals surface area contributed by atoms with Gasteiger partial charge in [-0.05, 0) is 0 Å². The lowest BCUT2D eigenvalue weighted by Gasteiger charge is -2.11. The largest absolute Gasteiger partial charge is 0.479 e. The van der Waals surface area contributed by atoms with Crippen LogP contribution >= 0.6 is 0 Å². The van der Waals surface area contributed by atoms with Crippen LogP contribution in [0.1, 0.15) is 0 Å². The highest BCUT2D eigenvalue weighted by Crippen LogP contribution is 1.90. The van der Waals surface area contributed by atoms with Crippen LogP contribution in [0.4, 0.5) is 0 Å². The van der Waals surface area contributed by atoms with Gasteiger partial charge in [-0.2, -0.15) is 0 Å². The molecule has 0 aliphatic carbocycles. The second kappa shape index (κ2) is 11.7. The van der Waals surface area contributed by atoms with Gasteiger partial charge in [0.15, 0.2) is 6.10 Å². The molecule has 0 aliphatic rings. The maximum Gasteiger partial charge on any atom is 0.334 e. The van der Waals surface area contributed by atoms with Gasteiger partial charge in [-0.25, -0.2) is 4.79 Å². The molecule has 0 bridgehead atoms. The molecule has 0 aromatic rings. The van der Waals surface area contributed by atoms with E-state index in [-0.39, 0.29) is 13.2 Å². The van der Waals surface area contributed by atoms with Crippen molar-refractivity contribution < 1.29 is 28.8 Å². The van der Waals surface area contributed by atoms with Crippen molar-refractivity contribution in [3.8, 4) is 0 Å². The molecule has 7 heteroatoms. The maximum atomic E-state index is 10.5. The molecular weight excluding hydrogens is 230 g/mol. The summed E-state index contributed by atoms with van der Waals surface area (Å²) in [5.41, 5.74) is 5.20. The summed E-state index contributed by atoms with van der Waals surface area (Å²) in [6.07, 6.45) is -0.962. The average molecular weight is 251 g/mol. The third kappa shape index (κ3) is 10.2. The zero-order valence-corrected chi connectivity index (χ0v) is 10.1. The number of hydrogen-bond acceptors (Lipinski definition) is 6. The van der Waals surface area contributed by atoms with Crippen molar-refractivity contribution in [3.63, 3.8) is 0 Å². The lowest BCUT2D eigenvalue weighted by molar-refractivity contribution is -0.150. The normalized spacial score (nSPS) is 12.6. The molecule has 0 heterocycles. The van der Waals surface area contributed by atoms with Crippen LogP contribution < -0.4 is 5.73 Å². The first kappa shape index (κ1) is 16.3. The Balaban J connectivity index is 3.20. The minimum atomic E-state index is -1.06. The quantitative estimate of drug-likeness (QED) is 0.433. The zero-order valence-electron chi connectivity index (χ0n) is 10.1. The third-order valence-corrected chi connectivity index (χ3v) is 1.84. The topological polar surface area (TPSA) is 100 Å². The molecular formula is C10H21NO6. The summed E-state index contributed by atoms with van der Waals surface area (Å²) in [4.78, 5) is 10.5. The van der Waals surface area contributed by atoms with Gasteiger partial charge in [0, 0.05) is 13.7 Å². The summed E-state index contributed by atoms with van der Waals surface area (Å²) >= 11 is 0. The number of carbonyl (C=O) groups is 1. The summed E-state index contributed by atoms with van der Waals surface area (Å²) < 4.78 is 20.1. The molecule has 0 aliphatic heterocycles. The van der Waals surface area contributed by atoms with Crippen LogP contribution in [0.2, 0.25) is 0 Å². The second-order valence-corrected chi connectivity index (χ2v) is 3.15. The van der Waals surface area contributed by atoms with Crippen molar-refractivity contribution in [1.29, 1.82) is 0 Å². The first-order valence-corrected chi connectivity index (χ1v) is 5.41. The molecule has 17 heavy (non-hydrogen) atoms. The SMILES string of the molecule is COCCOCCOCCOC(CN)C(=O)O. The van der Waals surface area contributed by atoms with Crippen molar-refractivity contribution >= 4 is 5.97 Å². The lowest BCUT2D eigenvalue weighted by Crippen LogP contribution is -2.33. The maximum absolute atomic E-state index is 10.5. The van der Waals surface area contributed by atoms with Crippen LogP contribution in [0.15, 0.2) is 0 Å². The summed E-state index contributed by atoms with van der Waals surface area (Å²) in [5.74, 6) is -1.06. The van der Waals surface area contributed by atoms with Gasteiger partial charge in [-0.1, -0.05) is 0 Å². The summed E-state index contributed by atoms with van der Waals surface area (Å²) in [5, 5.41) is 8.62. The Labute approximate surface area is 101 Å². The van der Waals surface area contributed by atoms with Crippen LogP contribution in [-0.4, -0.2) is 70.5 Å². The molecule has 0 spiro atoms. The summed E-state index contributed by atoms with van der Waals surface area (Å²) in [7, 11) is 1.60. The molecule has 1 unspecified atom stereocenters. The van der Waals surface area contributed by atoms with E-state index in [1.807, 2.05) is 0 Å². The van der Waals surface area contributed by atoms with E-state index in [0.717, 1.165) is 0 Å². The Morgan fingerprint density at radius 3 is 2.12 bits per heavy atom. The van der Waals surface area contributed by atoms with E-state index in [4.69, 9.17) is 29.8 Å². The standard InChI is InChI=1S/C10H21NO6/c1-14-2-3-15-4-5-16-6-7-17-9(8-11)10(12)13/h9H,2-8,11H2,1H3,(H,12,13). The van der Waals surface area contributed by atoms with Gasteiger partial charge in [0.05, 0.1) is 39.6 Å². The Morgan fingerprint density at radius 1 is 1.12 bits per heavy atom. The van der Waals surface area contributed by atoms with E-state index in [1.165, 1.54) is 0 Å². The first-order valence-electron chi connectivity index (χ1n) is 5.41. The highest BCUT2D eigenvalue weighted by atomic mass is 16.6. The number of rotatable bonds is 12. The molecule has 1 atom stereocenters. The molecule has 3 N–H and O–H groups in total. The molecule has 0 amide bonds. The predicted molar refractivity (Wildman–Crippen MR) is 59.9 cm³/mol. The minimum Gasteiger partial charge on any atom is -0.479 e. The summed E-state index contributed by atoms with van der Waals surface area (Å²) in [6.45, 7) is 2.47. The number of carboxylic acid groups (broad SMARTS) is 1. The highest BCUT2D eigenvalue weighted by molar-refractivity contribution is 5.72. The number of aliphatic carboxylic acids is 1. The molecule has 0 saturated heterocycles. The predicted octanol–water partition coefficient (Wildman–Crippen LogP) is -0.905. The van der Waals surface area contributed by atoms with E-state index in [1.54, 1.807) is 7.11 Å². The Bertz CT molecular complexity index is 190. The van der Waals surface area contributed by atoms with Crippen molar-refractivity contribution in [2.45, 2.75) is 6.10 Å². The van der Waals surface area contributed by atoms with E-state index in [2.05, 4.69) is 0 Å². The van der Waals surface area contributed by atoms with Gasteiger partial charge in [-0.15, -0.1) is 0 Å². The molecule has 0 aromatic heterocycles. The van der Waals surface area contributed by atoms with Gasteiger partial charge in [-0.3, -0.25) is 0 Å². The molecule has 0 fully saturated rings. The van der Waals surface area contributed by atoms with Crippen LogP contribution in [0.3, 0.4) is 0 Å². The molecule has 0 saturated carbocycles. The number of ether oxygens (including phenoxy) is 4. The summed E-state index contributed by atoms with van der Waals surface area (Å²) in [6, 6.07) is 0. The smallest absolute Gasteiger partial charge is 0.334 e. The number of nitrogens with two attached hydrogens (primary N) is 1. The van der Waals surface area contributed by atoms with Gasteiger partial charge in [0.2, 0.25) is 0 Å². The number of hydrogen-bond donors (Lipinski definition) is 2. The molecule has 0 rings (SSSR count). The molecule has 0 aromatic carbocycles. The third-order valence-electron chi connectivity index (χ3n) is 1.84. The van der Waals surface area contributed by atoms with E-state index in [0.29, 0.717) is 33.0 Å². The van der Waals surface area contributed by atoms with Crippen LogP contribution in [0.25, 0.3) is 0 Å². The minimum absolute atomic E-state index is 0.0462. The van der Waals surface area contributed by atoms with Crippen LogP contribution in [-0.2, 0) is 23.7 Å². The fourth-order valence-electron chi connectivity index (χ4n) is 0.954. The first-order chi connectivity index (χ1) is 8.22. The number of carboxylic acids is 1. The Morgan fingerprint density at radius 2 is 1.65 bits per heavy atom. The fraction of sp³-hybridized carbons (Fsp3) is 0.900. The Kier molecular flexibility index (Phi) is 11.2. The van der Waals surface area contributed by atoms with Crippen molar-refractivity contribution in [1.82, 2.24) is 0 Å². The van der Waals surface area contributed by atoms with Gasteiger partial charge in [0.25, 0.3) is 0 Å².